The molecule has 0 spiro atoms. The summed E-state index contributed by atoms with van der Waals surface area (Å²) in [6.45, 7) is 0.124. The highest BCUT2D eigenvalue weighted by atomic mass is 32.2. The fraction of sp³-hybridized carbons (Fsp3) is 0.333. The van der Waals surface area contributed by atoms with Crippen LogP contribution in [0.1, 0.15) is 0 Å². The highest BCUT2D eigenvalue weighted by Crippen LogP contribution is 2.19. The number of hydrogen-bond acceptors (Lipinski definition) is 4. The first-order valence-electron chi connectivity index (χ1n) is 4.08. The Balaban J connectivity index is 2.79. The van der Waals surface area contributed by atoms with Crippen molar-refractivity contribution in [2.45, 2.75) is 9.79 Å². The van der Waals surface area contributed by atoms with Gasteiger partial charge in [0.25, 0.3) is 0 Å². The van der Waals surface area contributed by atoms with Gasteiger partial charge in [-0.1, -0.05) is 0 Å². The number of rotatable bonds is 4. The monoisotopic (exact) mass is 232 g/mol. The molecule has 0 amide bonds. The van der Waals surface area contributed by atoms with Crippen molar-refractivity contribution in [3.05, 3.63) is 24.3 Å². The molecular formula is C9H12O3S2. The molecule has 0 aliphatic carbocycles. The smallest absolute Gasteiger partial charge is 0.175 e. The molecule has 3 nitrogen and oxygen atoms in total. The van der Waals surface area contributed by atoms with Gasteiger partial charge in [-0.15, -0.1) is 11.8 Å². The van der Waals surface area contributed by atoms with E-state index >= 15 is 0 Å². The third-order valence-electron chi connectivity index (χ3n) is 1.61. The summed E-state index contributed by atoms with van der Waals surface area (Å²) in [5.41, 5.74) is 0. The second kappa shape index (κ2) is 4.82. The van der Waals surface area contributed by atoms with Crippen molar-refractivity contribution in [1.29, 1.82) is 0 Å². The highest BCUT2D eigenvalue weighted by Gasteiger charge is 2.05. The molecule has 1 rings (SSSR count). The zero-order valence-electron chi connectivity index (χ0n) is 7.80. The first-order valence-corrected chi connectivity index (χ1v) is 6.95. The summed E-state index contributed by atoms with van der Waals surface area (Å²) < 4.78 is 22.2. The molecule has 78 valence electrons. The number of thioether (sulfide) groups is 1. The third-order valence-corrected chi connectivity index (χ3v) is 3.73. The number of aliphatic hydroxyl groups excluding tert-OH is 1. The van der Waals surface area contributed by atoms with Crippen LogP contribution < -0.4 is 0 Å². The molecule has 0 bridgehead atoms. The maximum atomic E-state index is 11.1. The van der Waals surface area contributed by atoms with Gasteiger partial charge in [0.15, 0.2) is 9.84 Å². The van der Waals surface area contributed by atoms with Gasteiger partial charge in [-0.05, 0) is 24.3 Å². The van der Waals surface area contributed by atoms with Crippen molar-refractivity contribution < 1.29 is 13.5 Å². The van der Waals surface area contributed by atoms with Crippen LogP contribution in [0.4, 0.5) is 0 Å². The number of benzene rings is 1. The molecule has 1 aromatic carbocycles. The molecule has 0 fully saturated rings. The van der Waals surface area contributed by atoms with E-state index in [-0.39, 0.29) is 6.61 Å². The average molecular weight is 232 g/mol. The molecule has 0 atom stereocenters. The minimum Gasteiger partial charge on any atom is -0.396 e. The van der Waals surface area contributed by atoms with E-state index in [1.165, 1.54) is 18.0 Å². The van der Waals surface area contributed by atoms with Crippen LogP contribution in [-0.2, 0) is 9.84 Å². The normalized spacial score (nSPS) is 11.6. The molecule has 0 heterocycles. The van der Waals surface area contributed by atoms with Gasteiger partial charge >= 0.3 is 0 Å². The van der Waals surface area contributed by atoms with Gasteiger partial charge in [0.1, 0.15) is 0 Å². The number of hydrogen-bond donors (Lipinski definition) is 1. The average Bonchev–Trinajstić information content (AvgIpc) is 2.14. The molecular weight excluding hydrogens is 220 g/mol. The van der Waals surface area contributed by atoms with E-state index < -0.39 is 9.84 Å². The van der Waals surface area contributed by atoms with Crippen molar-refractivity contribution >= 4 is 21.6 Å². The van der Waals surface area contributed by atoms with Gasteiger partial charge in [0.05, 0.1) is 11.5 Å². The maximum absolute atomic E-state index is 11.1. The molecule has 0 aromatic heterocycles. The van der Waals surface area contributed by atoms with Crippen LogP contribution in [0, 0.1) is 0 Å². The van der Waals surface area contributed by atoms with Gasteiger partial charge in [-0.25, -0.2) is 8.42 Å². The summed E-state index contributed by atoms with van der Waals surface area (Å²) in [5, 5.41) is 8.59. The Morgan fingerprint density at radius 3 is 2.29 bits per heavy atom. The van der Waals surface area contributed by atoms with Gasteiger partial charge < -0.3 is 5.11 Å². The van der Waals surface area contributed by atoms with Crippen LogP contribution in [0.25, 0.3) is 0 Å². The standard InChI is InChI=1S/C9H12O3S2/c1-14(11,12)9-4-2-8(3-5-9)13-7-6-10/h2-5,10H,6-7H2,1H3. The molecule has 0 saturated heterocycles. The molecule has 1 N–H and O–H groups in total. The SMILES string of the molecule is CS(=O)(=O)c1ccc(SCCO)cc1. The minimum absolute atomic E-state index is 0.124. The first-order chi connectivity index (χ1) is 6.54. The van der Waals surface area contributed by atoms with Crippen LogP contribution in [0.2, 0.25) is 0 Å². The second-order valence-corrected chi connectivity index (χ2v) is 6.00. The molecule has 0 aliphatic heterocycles. The lowest BCUT2D eigenvalue weighted by Gasteiger charge is -2.01. The molecule has 5 heteroatoms. The summed E-state index contributed by atoms with van der Waals surface area (Å²) in [4.78, 5) is 1.29. The van der Waals surface area contributed by atoms with Gasteiger partial charge in [-0.2, -0.15) is 0 Å². The Labute approximate surface area is 88.1 Å². The lowest BCUT2D eigenvalue weighted by molar-refractivity contribution is 0.322. The zero-order chi connectivity index (χ0) is 10.6. The fourth-order valence-electron chi connectivity index (χ4n) is 0.947. The van der Waals surface area contributed by atoms with Crippen molar-refractivity contribution in [2.75, 3.05) is 18.6 Å². The Hall–Kier alpha value is -0.520. The van der Waals surface area contributed by atoms with E-state index in [9.17, 15) is 8.42 Å². The van der Waals surface area contributed by atoms with Crippen LogP contribution in [0.3, 0.4) is 0 Å². The summed E-state index contributed by atoms with van der Waals surface area (Å²) in [6.07, 6.45) is 1.18. The molecule has 0 saturated carbocycles. The Morgan fingerprint density at radius 2 is 1.86 bits per heavy atom. The van der Waals surface area contributed by atoms with Crippen LogP contribution >= 0.6 is 11.8 Å². The lowest BCUT2D eigenvalue weighted by atomic mass is 10.4. The quantitative estimate of drug-likeness (QED) is 0.792. The minimum atomic E-state index is -3.10. The largest absolute Gasteiger partial charge is 0.396 e. The molecule has 0 aliphatic rings. The van der Waals surface area contributed by atoms with Crippen LogP contribution in [0.5, 0.6) is 0 Å². The Morgan fingerprint density at radius 1 is 1.29 bits per heavy atom. The Kier molecular flexibility index (Phi) is 3.97. The fourth-order valence-corrected chi connectivity index (χ4v) is 2.23. The van der Waals surface area contributed by atoms with E-state index in [4.69, 9.17) is 5.11 Å². The number of aliphatic hydroxyl groups is 1. The maximum Gasteiger partial charge on any atom is 0.175 e. The second-order valence-electron chi connectivity index (χ2n) is 2.82. The van der Waals surface area contributed by atoms with E-state index in [2.05, 4.69) is 0 Å². The van der Waals surface area contributed by atoms with Crippen LogP contribution in [-0.4, -0.2) is 32.1 Å². The topological polar surface area (TPSA) is 54.4 Å². The predicted octanol–water partition coefficient (Wildman–Crippen LogP) is 1.17. The molecule has 0 radical (unpaired) electrons. The highest BCUT2D eigenvalue weighted by molar-refractivity contribution is 7.99. The third kappa shape index (κ3) is 3.32. The zero-order valence-corrected chi connectivity index (χ0v) is 9.44. The van der Waals surface area contributed by atoms with E-state index in [0.717, 1.165) is 4.90 Å². The van der Waals surface area contributed by atoms with Crippen molar-refractivity contribution in [3.8, 4) is 0 Å². The molecule has 14 heavy (non-hydrogen) atoms. The van der Waals surface area contributed by atoms with Crippen molar-refractivity contribution in [1.82, 2.24) is 0 Å². The first kappa shape index (κ1) is 11.6. The predicted molar refractivity (Wildman–Crippen MR) is 57.4 cm³/mol. The Bertz CT molecular complexity index is 381. The van der Waals surface area contributed by atoms with E-state index in [1.807, 2.05) is 0 Å². The molecule has 1 aromatic rings. The summed E-state index contributed by atoms with van der Waals surface area (Å²) >= 11 is 1.49. The summed E-state index contributed by atoms with van der Waals surface area (Å²) in [5.74, 6) is 0.623. The number of sulfone groups is 1. The van der Waals surface area contributed by atoms with Gasteiger partial charge in [-0.3, -0.25) is 0 Å². The summed E-state index contributed by atoms with van der Waals surface area (Å²) in [6, 6.07) is 6.65. The van der Waals surface area contributed by atoms with Crippen LogP contribution in [0.15, 0.2) is 34.1 Å². The van der Waals surface area contributed by atoms with E-state index in [1.54, 1.807) is 24.3 Å². The van der Waals surface area contributed by atoms with Gasteiger partial charge in [0.2, 0.25) is 0 Å². The van der Waals surface area contributed by atoms with Gasteiger partial charge in [0, 0.05) is 16.9 Å². The van der Waals surface area contributed by atoms with Crippen molar-refractivity contribution in [3.63, 3.8) is 0 Å². The molecule has 0 unspecified atom stereocenters. The lowest BCUT2D eigenvalue weighted by Crippen LogP contribution is -1.96. The van der Waals surface area contributed by atoms with E-state index in [0.29, 0.717) is 10.6 Å². The summed E-state index contributed by atoms with van der Waals surface area (Å²) in [7, 11) is -3.10. The van der Waals surface area contributed by atoms with Crippen molar-refractivity contribution in [2.24, 2.45) is 0 Å².